The number of alkyl carbamates (subject to hydrolysis) is 1. The van der Waals surface area contributed by atoms with Gasteiger partial charge >= 0.3 is 6.09 Å². The smallest absolute Gasteiger partial charge is 0.408 e. The third-order valence-corrected chi connectivity index (χ3v) is 2.82. The van der Waals surface area contributed by atoms with E-state index < -0.39 is 35.1 Å². The van der Waals surface area contributed by atoms with Crippen LogP contribution in [0, 0.1) is 5.82 Å². The summed E-state index contributed by atoms with van der Waals surface area (Å²) in [5, 5.41) is 4.92. The largest absolute Gasteiger partial charge is 0.444 e. The van der Waals surface area contributed by atoms with Gasteiger partial charge in [-0.3, -0.25) is 4.79 Å². The maximum absolute atomic E-state index is 13.7. The maximum Gasteiger partial charge on any atom is 0.408 e. The zero-order valence-electron chi connectivity index (χ0n) is 15.6. The molecule has 0 fully saturated rings. The number of hydrogen-bond acceptors (Lipinski definition) is 4. The van der Waals surface area contributed by atoms with E-state index in [-0.39, 0.29) is 12.3 Å². The van der Waals surface area contributed by atoms with Crippen molar-refractivity contribution in [3.63, 3.8) is 0 Å². The minimum absolute atomic E-state index is 0.0271. The molecule has 0 aromatic heterocycles. The number of carbonyl (C=O) groups is 2. The highest BCUT2D eigenvalue weighted by atomic mass is 19.1. The van der Waals surface area contributed by atoms with Gasteiger partial charge in [0.15, 0.2) is 0 Å². The maximum atomic E-state index is 13.7. The van der Waals surface area contributed by atoms with Crippen molar-refractivity contribution in [3.8, 4) is 0 Å². The Labute approximate surface area is 148 Å². The van der Waals surface area contributed by atoms with Crippen molar-refractivity contribution in [2.24, 2.45) is 0 Å². The molecule has 0 unspecified atom stereocenters. The van der Waals surface area contributed by atoms with E-state index in [0.29, 0.717) is 0 Å². The van der Waals surface area contributed by atoms with Gasteiger partial charge in [0.2, 0.25) is 5.91 Å². The van der Waals surface area contributed by atoms with Gasteiger partial charge in [0.1, 0.15) is 17.5 Å². The van der Waals surface area contributed by atoms with Gasteiger partial charge in [0.05, 0.1) is 17.9 Å². The number of rotatable bonds is 5. The first kappa shape index (κ1) is 20.9. The van der Waals surface area contributed by atoms with Crippen LogP contribution in [0.5, 0.6) is 0 Å². The summed E-state index contributed by atoms with van der Waals surface area (Å²) in [5.74, 6) is -1.16. The van der Waals surface area contributed by atoms with Gasteiger partial charge in [-0.2, -0.15) is 0 Å². The summed E-state index contributed by atoms with van der Waals surface area (Å²) in [4.78, 5) is 24.4. The molecule has 1 aromatic carbocycles. The van der Waals surface area contributed by atoms with Crippen molar-refractivity contribution >= 4 is 17.7 Å². The van der Waals surface area contributed by atoms with Gasteiger partial charge in [0, 0.05) is 0 Å². The summed E-state index contributed by atoms with van der Waals surface area (Å²) in [6, 6.07) is 4.75. The van der Waals surface area contributed by atoms with Crippen LogP contribution in [0.3, 0.4) is 0 Å². The molecule has 0 saturated carbocycles. The van der Waals surface area contributed by atoms with Gasteiger partial charge in [-0.05, 0) is 53.7 Å². The van der Waals surface area contributed by atoms with Gasteiger partial charge < -0.3 is 20.1 Å². The second kappa shape index (κ2) is 8.29. The second-order valence-electron chi connectivity index (χ2n) is 7.59. The number of benzene rings is 1. The molecule has 2 amide bonds. The van der Waals surface area contributed by atoms with Crippen molar-refractivity contribution in [1.29, 1.82) is 0 Å². The van der Waals surface area contributed by atoms with Crippen LogP contribution in [-0.2, 0) is 14.3 Å². The molecule has 25 heavy (non-hydrogen) atoms. The topological polar surface area (TPSA) is 76.7 Å². The Morgan fingerprint density at radius 1 is 1.08 bits per heavy atom. The third kappa shape index (κ3) is 8.49. The van der Waals surface area contributed by atoms with E-state index in [0.717, 1.165) is 0 Å². The van der Waals surface area contributed by atoms with E-state index in [2.05, 4.69) is 10.6 Å². The molecular weight excluding hydrogens is 327 g/mol. The van der Waals surface area contributed by atoms with Crippen LogP contribution in [0.15, 0.2) is 24.3 Å². The SMILES string of the molecule is CC(C)(C)OC[C@H](NC(=O)OC(C)(C)C)C(=O)Nc1ccccc1F. The van der Waals surface area contributed by atoms with Crippen LogP contribution < -0.4 is 10.6 Å². The second-order valence-corrected chi connectivity index (χ2v) is 7.59. The molecule has 140 valence electrons. The average molecular weight is 354 g/mol. The lowest BCUT2D eigenvalue weighted by Gasteiger charge is -2.26. The molecule has 0 aliphatic carbocycles. The van der Waals surface area contributed by atoms with Crippen molar-refractivity contribution in [2.75, 3.05) is 11.9 Å². The normalized spacial score (nSPS) is 13.1. The lowest BCUT2D eigenvalue weighted by molar-refractivity contribution is -0.121. The van der Waals surface area contributed by atoms with Gasteiger partial charge in [-0.25, -0.2) is 9.18 Å². The first-order valence-corrected chi connectivity index (χ1v) is 8.06. The molecule has 2 N–H and O–H groups in total. The summed E-state index contributed by atoms with van der Waals surface area (Å²) in [7, 11) is 0. The molecule has 0 aliphatic heterocycles. The van der Waals surface area contributed by atoms with Crippen molar-refractivity contribution < 1.29 is 23.5 Å². The highest BCUT2D eigenvalue weighted by Gasteiger charge is 2.27. The number of nitrogens with one attached hydrogen (secondary N) is 2. The highest BCUT2D eigenvalue weighted by molar-refractivity contribution is 5.96. The number of carbonyl (C=O) groups excluding carboxylic acids is 2. The summed E-state index contributed by atoms with van der Waals surface area (Å²) in [5.41, 5.74) is -1.19. The summed E-state index contributed by atoms with van der Waals surface area (Å²) in [6.45, 7) is 10.5. The minimum atomic E-state index is -1.03. The molecule has 6 nitrogen and oxygen atoms in total. The van der Waals surface area contributed by atoms with E-state index in [1.807, 2.05) is 20.8 Å². The summed E-state index contributed by atoms with van der Waals surface area (Å²) < 4.78 is 24.5. The standard InChI is InChI=1S/C18H27FN2O4/c1-17(2,3)24-11-14(21-16(23)25-18(4,5)6)15(22)20-13-10-8-7-9-12(13)19/h7-10,14H,11H2,1-6H3,(H,20,22)(H,21,23)/t14-/m0/s1. The number of amides is 2. The number of hydrogen-bond donors (Lipinski definition) is 2. The number of ether oxygens (including phenoxy) is 2. The summed E-state index contributed by atoms with van der Waals surface area (Å²) >= 11 is 0. The molecule has 0 spiro atoms. The van der Waals surface area contributed by atoms with E-state index in [4.69, 9.17) is 9.47 Å². The van der Waals surface area contributed by atoms with Crippen LogP contribution in [0.2, 0.25) is 0 Å². The lowest BCUT2D eigenvalue weighted by atomic mass is 10.2. The monoisotopic (exact) mass is 354 g/mol. The average Bonchev–Trinajstić information content (AvgIpc) is 2.43. The zero-order valence-corrected chi connectivity index (χ0v) is 15.6. The number of anilines is 1. The van der Waals surface area contributed by atoms with Crippen LogP contribution in [0.25, 0.3) is 0 Å². The van der Waals surface area contributed by atoms with Crippen molar-refractivity contribution in [3.05, 3.63) is 30.1 Å². The Kier molecular flexibility index (Phi) is 6.93. The van der Waals surface area contributed by atoms with Crippen LogP contribution in [-0.4, -0.2) is 35.9 Å². The van der Waals surface area contributed by atoms with Crippen molar-refractivity contribution in [1.82, 2.24) is 5.32 Å². The summed E-state index contributed by atoms with van der Waals surface area (Å²) in [6.07, 6.45) is -0.751. The molecule has 0 saturated heterocycles. The number of halogens is 1. The van der Waals surface area contributed by atoms with Gasteiger partial charge in [-0.1, -0.05) is 12.1 Å². The molecule has 1 atom stereocenters. The fourth-order valence-electron chi connectivity index (χ4n) is 1.75. The molecule has 0 bridgehead atoms. The Morgan fingerprint density at radius 2 is 1.68 bits per heavy atom. The van der Waals surface area contributed by atoms with E-state index in [1.165, 1.54) is 18.2 Å². The predicted molar refractivity (Wildman–Crippen MR) is 93.9 cm³/mol. The van der Waals surface area contributed by atoms with E-state index in [1.54, 1.807) is 26.8 Å². The minimum Gasteiger partial charge on any atom is -0.444 e. The van der Waals surface area contributed by atoms with Crippen LogP contribution >= 0.6 is 0 Å². The Morgan fingerprint density at radius 3 is 2.20 bits per heavy atom. The predicted octanol–water partition coefficient (Wildman–Crippen LogP) is 3.47. The first-order chi connectivity index (χ1) is 11.4. The molecule has 0 aliphatic rings. The Hall–Kier alpha value is -2.15. The van der Waals surface area contributed by atoms with Gasteiger partial charge in [0.25, 0.3) is 0 Å². The Bertz CT molecular complexity index is 606. The van der Waals surface area contributed by atoms with Crippen molar-refractivity contribution in [2.45, 2.75) is 58.8 Å². The molecule has 1 rings (SSSR count). The van der Waals surface area contributed by atoms with Gasteiger partial charge in [-0.15, -0.1) is 0 Å². The zero-order chi connectivity index (χ0) is 19.3. The fourth-order valence-corrected chi connectivity index (χ4v) is 1.75. The molecular formula is C18H27FN2O4. The molecule has 0 heterocycles. The van der Waals surface area contributed by atoms with Crippen LogP contribution in [0.1, 0.15) is 41.5 Å². The highest BCUT2D eigenvalue weighted by Crippen LogP contribution is 2.14. The van der Waals surface area contributed by atoms with E-state index >= 15 is 0 Å². The third-order valence-electron chi connectivity index (χ3n) is 2.82. The lowest BCUT2D eigenvalue weighted by Crippen LogP contribution is -2.49. The molecule has 1 aromatic rings. The van der Waals surface area contributed by atoms with Crippen LogP contribution in [0.4, 0.5) is 14.9 Å². The molecule has 0 radical (unpaired) electrons. The fraction of sp³-hybridized carbons (Fsp3) is 0.556. The first-order valence-electron chi connectivity index (χ1n) is 8.06. The quantitative estimate of drug-likeness (QED) is 0.849. The van der Waals surface area contributed by atoms with E-state index in [9.17, 15) is 14.0 Å². The molecule has 7 heteroatoms. The number of para-hydroxylation sites is 1. The Balaban J connectivity index is 2.83.